The van der Waals surface area contributed by atoms with Crippen LogP contribution < -0.4 is 16.5 Å². The van der Waals surface area contributed by atoms with Gasteiger partial charge in [0.25, 0.3) is 0 Å². The normalized spacial score (nSPS) is 15.7. The number of nitrogens with one attached hydrogen (secondary N) is 2. The number of hydrogen-bond donors (Lipinski definition) is 4. The molecule has 0 bridgehead atoms. The number of hydrazine groups is 1. The van der Waals surface area contributed by atoms with E-state index in [1.807, 2.05) is 0 Å². The number of carbonyl (C=O) groups excluding carboxylic acids is 2. The fourth-order valence-electron chi connectivity index (χ4n) is 3.63. The molecule has 1 aromatic rings. The minimum atomic E-state index is -0.565. The summed E-state index contributed by atoms with van der Waals surface area (Å²) >= 11 is 0. The van der Waals surface area contributed by atoms with E-state index in [1.165, 1.54) is 28.5 Å². The molecule has 0 saturated heterocycles. The van der Waals surface area contributed by atoms with Crippen LogP contribution in [0.3, 0.4) is 0 Å². The van der Waals surface area contributed by atoms with Gasteiger partial charge < -0.3 is 15.8 Å². The fraction of sp³-hybridized carbons (Fsp3) is 0.389. The summed E-state index contributed by atoms with van der Waals surface area (Å²) in [6.07, 6.45) is 9.06. The molecule has 2 aliphatic rings. The number of aryl methyl sites for hydroxylation is 2. The molecule has 2 amide bonds. The van der Waals surface area contributed by atoms with Gasteiger partial charge in [-0.05, 0) is 60.8 Å². The second-order valence-corrected chi connectivity index (χ2v) is 6.36. The lowest BCUT2D eigenvalue weighted by Gasteiger charge is -2.20. The van der Waals surface area contributed by atoms with Crippen molar-refractivity contribution in [1.82, 2.24) is 10.6 Å². The van der Waals surface area contributed by atoms with Crippen LogP contribution >= 0.6 is 0 Å². The van der Waals surface area contributed by atoms with E-state index in [4.69, 9.17) is 5.73 Å². The van der Waals surface area contributed by atoms with Gasteiger partial charge >= 0.3 is 6.03 Å². The predicted octanol–water partition coefficient (Wildman–Crippen LogP) is 1.46. The van der Waals surface area contributed by atoms with Crippen molar-refractivity contribution in [2.75, 3.05) is 11.9 Å². The zero-order chi connectivity index (χ0) is 18.5. The molecule has 8 nitrogen and oxygen atoms in total. The molecule has 2 aliphatic carbocycles. The summed E-state index contributed by atoms with van der Waals surface area (Å²) in [4.78, 5) is 26.4. The quantitative estimate of drug-likeness (QED) is 0.349. The molecule has 0 aromatic heterocycles. The summed E-state index contributed by atoms with van der Waals surface area (Å²) in [6.45, 7) is -0.0559. The van der Waals surface area contributed by atoms with E-state index in [1.54, 1.807) is 0 Å². The van der Waals surface area contributed by atoms with Crippen molar-refractivity contribution in [3.05, 3.63) is 40.2 Å². The number of fused-ring (bicyclic) bond motifs is 2. The van der Waals surface area contributed by atoms with E-state index < -0.39 is 6.03 Å². The molecule has 1 aromatic carbocycles. The number of nitrogens with two attached hydrogens (primary N) is 1. The van der Waals surface area contributed by atoms with Crippen LogP contribution in [0.25, 0.3) is 0 Å². The zero-order valence-corrected chi connectivity index (χ0v) is 14.5. The number of anilines is 1. The molecule has 5 N–H and O–H groups in total. The van der Waals surface area contributed by atoms with Crippen LogP contribution in [0.15, 0.2) is 23.0 Å². The molecule has 0 atom stereocenters. The standard InChI is InChI=1S/C18H23N5O3/c19-10-14(11-20-7-8-24)23(26)22-18(25)21-17-15-5-1-3-12(15)9-13-4-2-6-16(13)17/h8-11,26H,1-7,19H2,(H2,21,22,25)/b14-10+,20-11?. The predicted molar refractivity (Wildman–Crippen MR) is 98.0 cm³/mol. The van der Waals surface area contributed by atoms with E-state index in [0.29, 0.717) is 11.5 Å². The molecule has 0 unspecified atom stereocenters. The molecule has 0 heterocycles. The Hall–Kier alpha value is -2.87. The molecule has 0 fully saturated rings. The van der Waals surface area contributed by atoms with Crippen LogP contribution in [0.5, 0.6) is 0 Å². The van der Waals surface area contributed by atoms with Crippen LogP contribution in [0.4, 0.5) is 10.5 Å². The van der Waals surface area contributed by atoms with Crippen molar-refractivity contribution >= 4 is 24.2 Å². The zero-order valence-electron chi connectivity index (χ0n) is 14.5. The first-order valence-electron chi connectivity index (χ1n) is 8.72. The van der Waals surface area contributed by atoms with Crippen LogP contribution in [0.2, 0.25) is 0 Å². The van der Waals surface area contributed by atoms with Crippen molar-refractivity contribution in [1.29, 1.82) is 0 Å². The monoisotopic (exact) mass is 357 g/mol. The van der Waals surface area contributed by atoms with Crippen molar-refractivity contribution in [2.45, 2.75) is 38.5 Å². The maximum absolute atomic E-state index is 12.4. The Morgan fingerprint density at radius 1 is 1.23 bits per heavy atom. The van der Waals surface area contributed by atoms with E-state index in [2.05, 4.69) is 21.8 Å². The Balaban J connectivity index is 1.72. The number of nitrogens with zero attached hydrogens (tertiary/aromatic N) is 2. The maximum Gasteiger partial charge on any atom is 0.339 e. The van der Waals surface area contributed by atoms with Gasteiger partial charge in [-0.25, -0.2) is 10.2 Å². The van der Waals surface area contributed by atoms with Gasteiger partial charge in [-0.3, -0.25) is 10.2 Å². The molecule has 0 aliphatic heterocycles. The Morgan fingerprint density at radius 2 is 1.88 bits per heavy atom. The SMILES string of the molecule is N/C=C(\C=NCC=O)N(O)NC(=O)Nc1c2c(cc3c1CCC3)CCC2. The summed E-state index contributed by atoms with van der Waals surface area (Å²) in [7, 11) is 0. The van der Waals surface area contributed by atoms with E-state index in [0.717, 1.165) is 50.4 Å². The average molecular weight is 357 g/mol. The number of carbonyl (C=O) groups is 2. The molecular formula is C18H23N5O3. The molecule has 8 heteroatoms. The lowest BCUT2D eigenvalue weighted by Crippen LogP contribution is -2.42. The summed E-state index contributed by atoms with van der Waals surface area (Å²) in [6, 6.07) is 1.72. The van der Waals surface area contributed by atoms with Gasteiger partial charge in [0, 0.05) is 11.9 Å². The van der Waals surface area contributed by atoms with Gasteiger partial charge in [0.05, 0.1) is 12.8 Å². The molecule has 138 valence electrons. The Labute approximate surface area is 151 Å². The van der Waals surface area contributed by atoms with E-state index >= 15 is 0 Å². The number of allylic oxidation sites excluding steroid dienone is 1. The molecular weight excluding hydrogens is 334 g/mol. The maximum atomic E-state index is 12.4. The number of hydroxylamine groups is 1. The van der Waals surface area contributed by atoms with Gasteiger partial charge in [-0.15, -0.1) is 0 Å². The van der Waals surface area contributed by atoms with Crippen LogP contribution in [-0.2, 0) is 30.5 Å². The third kappa shape index (κ3) is 3.70. The van der Waals surface area contributed by atoms with Crippen molar-refractivity contribution in [3.8, 4) is 0 Å². The molecule has 26 heavy (non-hydrogen) atoms. The Kier molecular flexibility index (Phi) is 5.52. The van der Waals surface area contributed by atoms with E-state index in [9.17, 15) is 14.8 Å². The van der Waals surface area contributed by atoms with E-state index in [-0.39, 0.29) is 12.2 Å². The highest BCUT2D eigenvalue weighted by atomic mass is 16.5. The summed E-state index contributed by atoms with van der Waals surface area (Å²) in [5.74, 6) is 0. The number of hydrogen-bond acceptors (Lipinski definition) is 6. The molecule has 0 spiro atoms. The lowest BCUT2D eigenvalue weighted by molar-refractivity contribution is -0.106. The average Bonchev–Trinajstić information content (AvgIpc) is 3.27. The highest BCUT2D eigenvalue weighted by molar-refractivity contribution is 5.92. The van der Waals surface area contributed by atoms with Gasteiger partial charge in [-0.2, -0.15) is 5.17 Å². The fourth-order valence-corrected chi connectivity index (χ4v) is 3.63. The van der Waals surface area contributed by atoms with Crippen molar-refractivity contribution in [3.63, 3.8) is 0 Å². The minimum Gasteiger partial charge on any atom is -0.403 e. The second kappa shape index (κ2) is 8.01. The number of aliphatic imine (C=N–C) groups is 1. The molecule has 0 radical (unpaired) electrons. The Morgan fingerprint density at radius 3 is 2.46 bits per heavy atom. The van der Waals surface area contributed by atoms with Gasteiger partial charge in [-0.1, -0.05) is 6.07 Å². The topological polar surface area (TPSA) is 120 Å². The van der Waals surface area contributed by atoms with Crippen molar-refractivity contribution < 1.29 is 14.8 Å². The molecule has 0 saturated carbocycles. The summed E-state index contributed by atoms with van der Waals surface area (Å²) in [5.41, 5.74) is 13.7. The van der Waals surface area contributed by atoms with Gasteiger partial charge in [0.15, 0.2) is 0 Å². The number of rotatable bonds is 6. The number of aldehydes is 1. The molecule has 3 rings (SSSR count). The first-order chi connectivity index (χ1) is 12.6. The number of amides is 2. The number of benzene rings is 1. The smallest absolute Gasteiger partial charge is 0.339 e. The second-order valence-electron chi connectivity index (χ2n) is 6.36. The highest BCUT2D eigenvalue weighted by Crippen LogP contribution is 2.38. The number of urea groups is 1. The van der Waals surface area contributed by atoms with Crippen molar-refractivity contribution in [2.24, 2.45) is 10.7 Å². The first kappa shape index (κ1) is 17.9. The summed E-state index contributed by atoms with van der Waals surface area (Å²) in [5, 5.41) is 13.4. The first-order valence-corrected chi connectivity index (χ1v) is 8.72. The highest BCUT2D eigenvalue weighted by Gasteiger charge is 2.25. The third-order valence-electron chi connectivity index (χ3n) is 4.74. The van der Waals surface area contributed by atoms with Crippen LogP contribution in [0, 0.1) is 0 Å². The van der Waals surface area contributed by atoms with Crippen LogP contribution in [-0.4, -0.2) is 35.5 Å². The lowest BCUT2D eigenvalue weighted by atomic mass is 9.99. The minimum absolute atomic E-state index is 0.0468. The van der Waals surface area contributed by atoms with Gasteiger partial charge in [0.2, 0.25) is 0 Å². The third-order valence-corrected chi connectivity index (χ3v) is 4.74. The summed E-state index contributed by atoms with van der Waals surface area (Å²) < 4.78 is 0. The van der Waals surface area contributed by atoms with Crippen LogP contribution in [0.1, 0.15) is 35.1 Å². The van der Waals surface area contributed by atoms with Gasteiger partial charge in [0.1, 0.15) is 12.0 Å². The largest absolute Gasteiger partial charge is 0.403 e. The Bertz CT molecular complexity index is 740.